The monoisotopic (exact) mass is 356 g/mol. The lowest BCUT2D eigenvalue weighted by atomic mass is 9.44. The summed E-state index contributed by atoms with van der Waals surface area (Å²) in [5.41, 5.74) is 0.718. The van der Waals surface area contributed by atoms with Gasteiger partial charge in [0.2, 0.25) is 0 Å². The Bertz CT molecular complexity index is 476. The molecule has 0 aromatic carbocycles. The average Bonchev–Trinajstić information content (AvgIpc) is 2.84. The lowest BCUT2D eigenvalue weighted by molar-refractivity contribution is -0.0901. The molecule has 0 spiro atoms. The van der Waals surface area contributed by atoms with Crippen molar-refractivity contribution < 1.29 is 0 Å². The molecule has 2 heteroatoms. The molecule has 0 radical (unpaired) electrons. The van der Waals surface area contributed by atoms with Crippen LogP contribution < -0.4 is 0 Å². The lowest BCUT2D eigenvalue weighted by Crippen LogP contribution is -2.66. The van der Waals surface area contributed by atoms with Gasteiger partial charge in [-0.1, -0.05) is 40.0 Å². The highest BCUT2D eigenvalue weighted by Crippen LogP contribution is 2.72. The number of hydrogen-bond donors (Lipinski definition) is 0. The Hall–Kier alpha value is 0.580. The van der Waals surface area contributed by atoms with Crippen molar-refractivity contribution in [2.45, 2.75) is 95.2 Å². The van der Waals surface area contributed by atoms with Crippen LogP contribution in [-0.4, -0.2) is 10.3 Å². The first kappa shape index (κ1) is 17.0. The Balaban J connectivity index is 1.75. The van der Waals surface area contributed by atoms with E-state index < -0.39 is 0 Å². The summed E-state index contributed by atoms with van der Waals surface area (Å²) in [5, 5.41) is 0.161. The molecule has 0 N–H and O–H groups in total. The highest BCUT2D eigenvalue weighted by molar-refractivity contribution is 6.33. The molecule has 23 heavy (non-hydrogen) atoms. The van der Waals surface area contributed by atoms with Crippen molar-refractivity contribution in [3.8, 4) is 0 Å². The van der Waals surface area contributed by atoms with Gasteiger partial charge in [-0.05, 0) is 79.4 Å². The molecule has 0 aromatic rings. The van der Waals surface area contributed by atoms with Gasteiger partial charge in [0.25, 0.3) is 0 Å². The Morgan fingerprint density at radius 2 is 1.70 bits per heavy atom. The zero-order chi connectivity index (χ0) is 16.5. The summed E-state index contributed by atoms with van der Waals surface area (Å²) >= 11 is 14.8. The second-order valence-electron chi connectivity index (χ2n) is 9.78. The first-order chi connectivity index (χ1) is 10.9. The molecule has 0 saturated heterocycles. The Morgan fingerprint density at radius 1 is 0.957 bits per heavy atom. The summed E-state index contributed by atoms with van der Waals surface area (Å²) in [6, 6.07) is 0. The van der Waals surface area contributed by atoms with E-state index in [9.17, 15) is 0 Å². The summed E-state index contributed by atoms with van der Waals surface area (Å²) in [4.78, 5) is -0.148. The van der Waals surface area contributed by atoms with Crippen LogP contribution >= 0.6 is 23.2 Å². The molecule has 0 nitrogen and oxygen atoms in total. The molecule has 0 bridgehead atoms. The number of halogens is 2. The molecule has 4 rings (SSSR count). The number of hydrogen-bond acceptors (Lipinski definition) is 0. The van der Waals surface area contributed by atoms with Gasteiger partial charge in [-0.15, -0.1) is 23.2 Å². The van der Waals surface area contributed by atoms with Crippen molar-refractivity contribution in [3.63, 3.8) is 0 Å². The summed E-state index contributed by atoms with van der Waals surface area (Å²) in [5.74, 6) is 3.16. The van der Waals surface area contributed by atoms with Crippen LogP contribution in [0.1, 0.15) is 85.0 Å². The van der Waals surface area contributed by atoms with Gasteiger partial charge in [-0.2, -0.15) is 0 Å². The maximum absolute atomic E-state index is 7.63. The summed E-state index contributed by atoms with van der Waals surface area (Å²) in [6.45, 7) is 7.45. The van der Waals surface area contributed by atoms with E-state index in [1.807, 2.05) is 0 Å². The van der Waals surface area contributed by atoms with Gasteiger partial charge in [0.1, 0.15) is 0 Å². The van der Waals surface area contributed by atoms with Crippen molar-refractivity contribution >= 4 is 23.2 Å². The van der Waals surface area contributed by atoms with Crippen molar-refractivity contribution in [2.75, 3.05) is 0 Å². The summed E-state index contributed by atoms with van der Waals surface area (Å²) < 4.78 is 0. The molecule has 0 amide bonds. The molecule has 4 saturated carbocycles. The molecule has 0 aromatic heterocycles. The summed E-state index contributed by atoms with van der Waals surface area (Å²) in [7, 11) is 0. The van der Waals surface area contributed by atoms with Crippen LogP contribution in [0.2, 0.25) is 0 Å². The van der Waals surface area contributed by atoms with Crippen molar-refractivity contribution in [3.05, 3.63) is 0 Å². The fraction of sp³-hybridized carbons (Fsp3) is 1.00. The minimum absolute atomic E-state index is 0.148. The largest absolute Gasteiger partial charge is 0.121 e. The van der Waals surface area contributed by atoms with E-state index in [1.54, 1.807) is 0 Å². The van der Waals surface area contributed by atoms with E-state index >= 15 is 0 Å². The normalized spacial score (nSPS) is 59.1. The fourth-order valence-corrected chi connectivity index (χ4v) is 9.33. The standard InChI is InChI=1S/C21H34Cl2/c1-4-14-8-10-16-17-11-9-15-7-5-6-12-20(15,3)21(17,23)18(22)13-19(14,16)2/h14-18H,4-13H2,1-3H3/t14-,15?,16-,17-,18?,19+,20-,21-/m0/s1. The maximum atomic E-state index is 7.63. The van der Waals surface area contributed by atoms with Gasteiger partial charge in [-0.25, -0.2) is 0 Å². The van der Waals surface area contributed by atoms with Gasteiger partial charge in [0, 0.05) is 0 Å². The molecule has 2 unspecified atom stereocenters. The smallest absolute Gasteiger partial charge is 0.0696 e. The predicted octanol–water partition coefficient (Wildman–Crippen LogP) is 7.02. The highest BCUT2D eigenvalue weighted by atomic mass is 35.5. The van der Waals surface area contributed by atoms with Gasteiger partial charge in [-0.3, -0.25) is 0 Å². The molecule has 4 aliphatic carbocycles. The first-order valence-corrected chi connectivity index (χ1v) is 11.0. The predicted molar refractivity (Wildman–Crippen MR) is 100 cm³/mol. The number of alkyl halides is 2. The third-order valence-electron chi connectivity index (χ3n) is 9.30. The number of rotatable bonds is 1. The van der Waals surface area contributed by atoms with Crippen LogP contribution in [0, 0.1) is 34.5 Å². The molecule has 4 aliphatic rings. The van der Waals surface area contributed by atoms with Crippen LogP contribution in [0.3, 0.4) is 0 Å². The van der Waals surface area contributed by atoms with Crippen molar-refractivity contribution in [1.29, 1.82) is 0 Å². The minimum Gasteiger partial charge on any atom is -0.121 e. The molecule has 0 aliphatic heterocycles. The second-order valence-corrected chi connectivity index (χ2v) is 10.9. The molecular formula is C21H34Cl2. The van der Waals surface area contributed by atoms with Gasteiger partial charge in [0.05, 0.1) is 10.3 Å². The quantitative estimate of drug-likeness (QED) is 0.442. The van der Waals surface area contributed by atoms with Crippen LogP contribution in [0.4, 0.5) is 0 Å². The molecule has 4 fully saturated rings. The average molecular weight is 357 g/mol. The number of fused-ring (bicyclic) bond motifs is 5. The Labute approximate surface area is 153 Å². The van der Waals surface area contributed by atoms with E-state index in [0.717, 1.165) is 24.2 Å². The Morgan fingerprint density at radius 3 is 2.43 bits per heavy atom. The van der Waals surface area contributed by atoms with E-state index in [4.69, 9.17) is 23.2 Å². The van der Waals surface area contributed by atoms with Crippen LogP contribution in [-0.2, 0) is 0 Å². The highest BCUT2D eigenvalue weighted by Gasteiger charge is 2.69. The topological polar surface area (TPSA) is 0 Å². The van der Waals surface area contributed by atoms with Crippen LogP contribution in [0.15, 0.2) is 0 Å². The lowest BCUT2D eigenvalue weighted by Gasteiger charge is -2.66. The van der Waals surface area contributed by atoms with E-state index in [-0.39, 0.29) is 15.7 Å². The van der Waals surface area contributed by atoms with Crippen LogP contribution in [0.25, 0.3) is 0 Å². The van der Waals surface area contributed by atoms with Crippen molar-refractivity contribution in [2.24, 2.45) is 34.5 Å². The molecule has 0 heterocycles. The molecule has 132 valence electrons. The second kappa shape index (κ2) is 5.54. The van der Waals surface area contributed by atoms with Gasteiger partial charge < -0.3 is 0 Å². The third kappa shape index (κ3) is 2.03. The van der Waals surface area contributed by atoms with Crippen molar-refractivity contribution in [1.82, 2.24) is 0 Å². The maximum Gasteiger partial charge on any atom is 0.0696 e. The van der Waals surface area contributed by atoms with Gasteiger partial charge >= 0.3 is 0 Å². The zero-order valence-electron chi connectivity index (χ0n) is 15.2. The summed E-state index contributed by atoms with van der Waals surface area (Å²) in [6.07, 6.45) is 13.5. The van der Waals surface area contributed by atoms with E-state index in [2.05, 4.69) is 20.8 Å². The SMILES string of the molecule is CC[C@H]1CC[C@H]2[C@@H]3CCC4CCCC[C@]4(C)[C@@]3(Cl)C(Cl)C[C@]12C. The third-order valence-corrected chi connectivity index (χ3v) is 10.9. The van der Waals surface area contributed by atoms with Crippen LogP contribution in [0.5, 0.6) is 0 Å². The minimum atomic E-state index is -0.148. The zero-order valence-corrected chi connectivity index (χ0v) is 16.7. The van der Waals surface area contributed by atoms with E-state index in [0.29, 0.717) is 11.3 Å². The Kier molecular flexibility index (Phi) is 4.10. The fourth-order valence-electron chi connectivity index (χ4n) is 8.00. The van der Waals surface area contributed by atoms with E-state index in [1.165, 1.54) is 57.8 Å². The molecule has 8 atom stereocenters. The first-order valence-electron chi connectivity index (χ1n) is 10.2. The van der Waals surface area contributed by atoms with Gasteiger partial charge in [0.15, 0.2) is 0 Å². The molecular weight excluding hydrogens is 323 g/mol.